The van der Waals surface area contributed by atoms with Crippen molar-refractivity contribution in [3.05, 3.63) is 69.3 Å². The zero-order valence-corrected chi connectivity index (χ0v) is 16.3. The van der Waals surface area contributed by atoms with Gasteiger partial charge in [-0.15, -0.1) is 0 Å². The summed E-state index contributed by atoms with van der Waals surface area (Å²) >= 11 is 6.45. The average Bonchev–Trinajstić information content (AvgIpc) is 3.09. The maximum absolute atomic E-state index is 12.5. The molecule has 3 aromatic rings. The van der Waals surface area contributed by atoms with Gasteiger partial charge in [-0.3, -0.25) is 4.79 Å². The van der Waals surface area contributed by atoms with Gasteiger partial charge in [0.05, 0.1) is 11.4 Å². The summed E-state index contributed by atoms with van der Waals surface area (Å²) in [7, 11) is 0. The Balaban J connectivity index is 1.82. The lowest BCUT2D eigenvalue weighted by atomic mass is 10.1. The fraction of sp³-hybridized carbons (Fsp3) is 0.250. The third kappa shape index (κ3) is 3.53. The normalized spacial score (nSPS) is 10.9. The van der Waals surface area contributed by atoms with Gasteiger partial charge >= 0.3 is 5.97 Å². The second-order valence-electron chi connectivity index (χ2n) is 6.36. The molecule has 0 aliphatic heterocycles. The molecule has 1 aromatic carbocycles. The number of aryl methyl sites for hydroxylation is 2. The standard InChI is InChI=1S/C20H20ClN3O3/c1-11-17(14(4)25)13(3)22-18(11)20(26)27-10-16-12(2)23-24(19(16)21)15-8-6-5-7-9-15/h5-9,22H,10H2,1-4H3. The van der Waals surface area contributed by atoms with Crippen LogP contribution >= 0.6 is 11.6 Å². The monoisotopic (exact) mass is 385 g/mol. The number of carbonyl (C=O) groups is 2. The third-order valence-corrected chi connectivity index (χ3v) is 4.85. The van der Waals surface area contributed by atoms with Gasteiger partial charge in [-0.1, -0.05) is 29.8 Å². The molecule has 0 aliphatic rings. The molecular weight excluding hydrogens is 366 g/mol. The molecule has 27 heavy (non-hydrogen) atoms. The number of nitrogens with one attached hydrogen (secondary N) is 1. The molecule has 1 N–H and O–H groups in total. The molecule has 0 fully saturated rings. The van der Waals surface area contributed by atoms with E-state index in [-0.39, 0.29) is 18.1 Å². The van der Waals surface area contributed by atoms with Crippen LogP contribution in [0.3, 0.4) is 0 Å². The molecule has 3 rings (SSSR count). The van der Waals surface area contributed by atoms with Gasteiger partial charge in [0, 0.05) is 16.8 Å². The number of nitrogens with zero attached hydrogens (tertiary/aromatic N) is 2. The molecule has 0 unspecified atom stereocenters. The number of para-hydroxylation sites is 1. The van der Waals surface area contributed by atoms with Crippen LogP contribution in [0.2, 0.25) is 5.15 Å². The smallest absolute Gasteiger partial charge is 0.355 e. The fourth-order valence-electron chi connectivity index (χ4n) is 3.13. The quantitative estimate of drug-likeness (QED) is 0.523. The highest BCUT2D eigenvalue weighted by Crippen LogP contribution is 2.25. The Morgan fingerprint density at radius 2 is 1.85 bits per heavy atom. The zero-order valence-electron chi connectivity index (χ0n) is 15.6. The summed E-state index contributed by atoms with van der Waals surface area (Å²) in [5, 5.41) is 4.83. The molecule has 0 saturated carbocycles. The minimum atomic E-state index is -0.536. The number of carbonyl (C=O) groups excluding carboxylic acids is 2. The second-order valence-corrected chi connectivity index (χ2v) is 6.72. The molecule has 0 aliphatic carbocycles. The lowest BCUT2D eigenvalue weighted by Crippen LogP contribution is -2.08. The number of rotatable bonds is 5. The number of aromatic nitrogens is 3. The van der Waals surface area contributed by atoms with E-state index in [4.69, 9.17) is 16.3 Å². The summed E-state index contributed by atoms with van der Waals surface area (Å²) < 4.78 is 7.04. The van der Waals surface area contributed by atoms with Gasteiger partial charge in [0.25, 0.3) is 0 Å². The van der Waals surface area contributed by atoms with Crippen molar-refractivity contribution in [2.75, 3.05) is 0 Å². The SMILES string of the molecule is CC(=O)c1c(C)[nH]c(C(=O)OCc2c(C)nn(-c3ccccc3)c2Cl)c1C. The Hall–Kier alpha value is -2.86. The van der Waals surface area contributed by atoms with Gasteiger partial charge < -0.3 is 9.72 Å². The second kappa shape index (κ2) is 7.40. The number of halogens is 1. The van der Waals surface area contributed by atoms with Crippen molar-refractivity contribution in [2.45, 2.75) is 34.3 Å². The predicted molar refractivity (Wildman–Crippen MR) is 103 cm³/mol. The Morgan fingerprint density at radius 3 is 2.44 bits per heavy atom. The van der Waals surface area contributed by atoms with Crippen LogP contribution in [0.1, 0.15) is 50.3 Å². The number of Topliss-reactive ketones (excluding diaryl/α,β-unsaturated/α-hetero) is 1. The molecular formula is C20H20ClN3O3. The Labute approximate surface area is 162 Å². The van der Waals surface area contributed by atoms with E-state index in [1.807, 2.05) is 37.3 Å². The molecule has 7 heteroatoms. The summed E-state index contributed by atoms with van der Waals surface area (Å²) in [5.41, 5.74) is 4.19. The maximum Gasteiger partial charge on any atom is 0.355 e. The molecule has 6 nitrogen and oxygen atoms in total. The Bertz CT molecular complexity index is 1020. The van der Waals surface area contributed by atoms with E-state index in [2.05, 4.69) is 10.1 Å². The first-order valence-corrected chi connectivity index (χ1v) is 8.85. The number of H-pyrrole nitrogens is 1. The number of ketones is 1. The molecule has 2 aromatic heterocycles. The number of hydrogen-bond acceptors (Lipinski definition) is 4. The third-order valence-electron chi connectivity index (χ3n) is 4.46. The topological polar surface area (TPSA) is 77.0 Å². The average molecular weight is 386 g/mol. The van der Waals surface area contributed by atoms with Crippen molar-refractivity contribution in [2.24, 2.45) is 0 Å². The molecule has 0 radical (unpaired) electrons. The van der Waals surface area contributed by atoms with Gasteiger partial charge in [-0.25, -0.2) is 9.48 Å². The van der Waals surface area contributed by atoms with Crippen LogP contribution in [0.15, 0.2) is 30.3 Å². The largest absolute Gasteiger partial charge is 0.456 e. The van der Waals surface area contributed by atoms with Crippen molar-refractivity contribution in [3.63, 3.8) is 0 Å². The van der Waals surface area contributed by atoms with Crippen molar-refractivity contribution < 1.29 is 14.3 Å². The molecule has 0 spiro atoms. The molecule has 140 valence electrons. The number of aromatic amines is 1. The Morgan fingerprint density at radius 1 is 1.19 bits per heavy atom. The van der Waals surface area contributed by atoms with E-state index in [9.17, 15) is 9.59 Å². The number of esters is 1. The van der Waals surface area contributed by atoms with Crippen LogP contribution in [0.5, 0.6) is 0 Å². The van der Waals surface area contributed by atoms with Gasteiger partial charge in [0.1, 0.15) is 17.5 Å². The van der Waals surface area contributed by atoms with Gasteiger partial charge in [-0.2, -0.15) is 5.10 Å². The summed E-state index contributed by atoms with van der Waals surface area (Å²) in [6.45, 7) is 6.75. The predicted octanol–water partition coefficient (Wildman–Crippen LogP) is 4.34. The van der Waals surface area contributed by atoms with Crippen LogP contribution in [0.4, 0.5) is 0 Å². The lowest BCUT2D eigenvalue weighted by Gasteiger charge is -2.06. The first-order chi connectivity index (χ1) is 12.8. The summed E-state index contributed by atoms with van der Waals surface area (Å²) in [6.07, 6.45) is 0. The van der Waals surface area contributed by atoms with Crippen molar-refractivity contribution in [3.8, 4) is 5.69 Å². The highest BCUT2D eigenvalue weighted by molar-refractivity contribution is 6.30. The van der Waals surface area contributed by atoms with Crippen molar-refractivity contribution in [1.29, 1.82) is 0 Å². The van der Waals surface area contributed by atoms with Crippen LogP contribution < -0.4 is 0 Å². The van der Waals surface area contributed by atoms with Crippen LogP contribution in [0, 0.1) is 20.8 Å². The molecule has 0 saturated heterocycles. The Kier molecular flexibility index (Phi) is 5.19. The molecule has 0 atom stereocenters. The van der Waals surface area contributed by atoms with Gasteiger partial charge in [-0.05, 0) is 45.4 Å². The highest BCUT2D eigenvalue weighted by Gasteiger charge is 2.22. The minimum Gasteiger partial charge on any atom is -0.456 e. The van der Waals surface area contributed by atoms with Gasteiger partial charge in [0.2, 0.25) is 0 Å². The zero-order chi connectivity index (χ0) is 19.7. The minimum absolute atomic E-state index is 0.0107. The first kappa shape index (κ1) is 18.9. The van der Waals surface area contributed by atoms with E-state index in [0.29, 0.717) is 33.2 Å². The van der Waals surface area contributed by atoms with Crippen molar-refractivity contribution >= 4 is 23.4 Å². The van der Waals surface area contributed by atoms with Crippen LogP contribution in [-0.2, 0) is 11.3 Å². The van der Waals surface area contributed by atoms with Crippen LogP contribution in [0.25, 0.3) is 5.69 Å². The maximum atomic E-state index is 12.5. The summed E-state index contributed by atoms with van der Waals surface area (Å²) in [6, 6.07) is 9.48. The number of benzene rings is 1. The van der Waals surface area contributed by atoms with E-state index in [1.165, 1.54) is 6.92 Å². The lowest BCUT2D eigenvalue weighted by molar-refractivity contribution is 0.0465. The highest BCUT2D eigenvalue weighted by atomic mass is 35.5. The van der Waals surface area contributed by atoms with E-state index >= 15 is 0 Å². The summed E-state index contributed by atoms with van der Waals surface area (Å²) in [4.78, 5) is 27.2. The van der Waals surface area contributed by atoms with E-state index in [0.717, 1.165) is 5.69 Å². The first-order valence-electron chi connectivity index (χ1n) is 8.48. The van der Waals surface area contributed by atoms with Gasteiger partial charge in [0.15, 0.2) is 5.78 Å². The summed E-state index contributed by atoms with van der Waals surface area (Å²) in [5.74, 6) is -0.630. The molecule has 0 bridgehead atoms. The number of ether oxygens (including phenoxy) is 1. The number of hydrogen-bond donors (Lipinski definition) is 1. The van der Waals surface area contributed by atoms with Crippen LogP contribution in [-0.4, -0.2) is 26.5 Å². The fourth-order valence-corrected chi connectivity index (χ4v) is 3.45. The van der Waals surface area contributed by atoms with E-state index in [1.54, 1.807) is 18.5 Å². The molecule has 2 heterocycles. The van der Waals surface area contributed by atoms with E-state index < -0.39 is 5.97 Å². The van der Waals surface area contributed by atoms with Crippen molar-refractivity contribution in [1.82, 2.24) is 14.8 Å². The molecule has 0 amide bonds.